The summed E-state index contributed by atoms with van der Waals surface area (Å²) < 4.78 is 9.65. The normalized spacial score (nSPS) is 13.6. The Kier molecular flexibility index (Phi) is 5.27. The Labute approximate surface area is 168 Å². The molecule has 0 aliphatic carbocycles. The van der Waals surface area contributed by atoms with Crippen LogP contribution in [0.1, 0.15) is 17.8 Å². The maximum atomic E-state index is 5.51. The molecule has 8 heteroatoms. The number of hydrogen-bond donors (Lipinski definition) is 1. The van der Waals surface area contributed by atoms with Crippen molar-refractivity contribution in [2.45, 2.75) is 26.1 Å². The summed E-state index contributed by atoms with van der Waals surface area (Å²) in [7, 11) is 0. The lowest BCUT2D eigenvalue weighted by molar-refractivity contribution is 0.421. The molecular weight excluding hydrogens is 376 g/mol. The van der Waals surface area contributed by atoms with Crippen LogP contribution in [-0.2, 0) is 19.6 Å². The van der Waals surface area contributed by atoms with Gasteiger partial charge in [0.2, 0.25) is 0 Å². The van der Waals surface area contributed by atoms with E-state index in [-0.39, 0.29) is 12.4 Å². The van der Waals surface area contributed by atoms with Gasteiger partial charge in [0, 0.05) is 37.1 Å². The Balaban J connectivity index is 0.00000192. The molecule has 0 amide bonds. The van der Waals surface area contributed by atoms with Gasteiger partial charge < -0.3 is 14.4 Å². The third-order valence-electron chi connectivity index (χ3n) is 4.79. The first-order valence-electron chi connectivity index (χ1n) is 9.17. The van der Waals surface area contributed by atoms with Crippen LogP contribution < -0.4 is 5.32 Å². The number of fused-ring (bicyclic) bond motifs is 1. The largest absolute Gasteiger partial charge is 0.356 e. The summed E-state index contributed by atoms with van der Waals surface area (Å²) in [6.07, 6.45) is 4.84. The van der Waals surface area contributed by atoms with E-state index in [2.05, 4.69) is 30.8 Å². The minimum Gasteiger partial charge on any atom is -0.356 e. The van der Waals surface area contributed by atoms with E-state index in [1.165, 1.54) is 5.69 Å². The fraction of sp³-hybridized carbons (Fsp3) is 0.250. The lowest BCUT2D eigenvalue weighted by atomic mass is 10.1. The summed E-state index contributed by atoms with van der Waals surface area (Å²) >= 11 is 0. The summed E-state index contributed by atoms with van der Waals surface area (Å²) in [5, 5.41) is 12.4. The maximum absolute atomic E-state index is 5.51. The monoisotopic (exact) mass is 396 g/mol. The van der Waals surface area contributed by atoms with Gasteiger partial charge in [0.1, 0.15) is 11.4 Å². The van der Waals surface area contributed by atoms with E-state index in [1.54, 1.807) is 6.20 Å². The van der Waals surface area contributed by atoms with Crippen LogP contribution in [0, 0.1) is 0 Å². The predicted molar refractivity (Wildman–Crippen MR) is 108 cm³/mol. The highest BCUT2D eigenvalue weighted by molar-refractivity contribution is 5.85. The van der Waals surface area contributed by atoms with Crippen LogP contribution in [0.4, 0.5) is 0 Å². The van der Waals surface area contributed by atoms with Crippen molar-refractivity contribution in [2.75, 3.05) is 6.54 Å². The van der Waals surface area contributed by atoms with Crippen molar-refractivity contribution >= 4 is 12.4 Å². The molecule has 0 spiro atoms. The molecule has 0 bridgehead atoms. The molecular formula is C20H21ClN6O. The molecule has 144 valence electrons. The van der Waals surface area contributed by atoms with Crippen molar-refractivity contribution in [3.8, 4) is 22.8 Å². The third kappa shape index (κ3) is 3.58. The predicted octanol–water partition coefficient (Wildman–Crippen LogP) is 3.37. The van der Waals surface area contributed by atoms with Gasteiger partial charge in [-0.05, 0) is 19.0 Å². The maximum Gasteiger partial charge on any atom is 0.167 e. The van der Waals surface area contributed by atoms with Crippen molar-refractivity contribution in [2.24, 2.45) is 0 Å². The zero-order chi connectivity index (χ0) is 18.1. The molecule has 7 nitrogen and oxygen atoms in total. The number of nitrogens with one attached hydrogen (secondary N) is 1. The second-order valence-corrected chi connectivity index (χ2v) is 6.70. The van der Waals surface area contributed by atoms with Gasteiger partial charge in [0.15, 0.2) is 11.6 Å². The van der Waals surface area contributed by atoms with Crippen molar-refractivity contribution in [1.82, 2.24) is 29.8 Å². The number of aromatic nitrogens is 5. The number of imidazole rings is 1. The number of halogens is 1. The molecule has 0 radical (unpaired) electrons. The zero-order valence-corrected chi connectivity index (χ0v) is 16.1. The van der Waals surface area contributed by atoms with Crippen LogP contribution in [0.15, 0.2) is 59.4 Å². The first kappa shape index (κ1) is 18.5. The van der Waals surface area contributed by atoms with Gasteiger partial charge in [-0.1, -0.05) is 35.5 Å². The average Bonchev–Trinajstić information content (AvgIpc) is 3.41. The van der Waals surface area contributed by atoms with Crippen LogP contribution in [0.2, 0.25) is 0 Å². The van der Waals surface area contributed by atoms with Crippen molar-refractivity contribution in [3.63, 3.8) is 0 Å². The van der Waals surface area contributed by atoms with Crippen LogP contribution in [0.25, 0.3) is 22.8 Å². The van der Waals surface area contributed by atoms with Crippen LogP contribution in [0.5, 0.6) is 0 Å². The number of rotatable bonds is 4. The highest BCUT2D eigenvalue weighted by Gasteiger charge is 2.16. The smallest absolute Gasteiger partial charge is 0.167 e. The van der Waals surface area contributed by atoms with Crippen molar-refractivity contribution < 1.29 is 4.52 Å². The zero-order valence-electron chi connectivity index (χ0n) is 15.3. The first-order valence-corrected chi connectivity index (χ1v) is 9.17. The lowest BCUT2D eigenvalue weighted by Gasteiger charge is -2.03. The Morgan fingerprint density at radius 3 is 2.93 bits per heavy atom. The molecule has 3 aromatic heterocycles. The number of benzene rings is 1. The van der Waals surface area contributed by atoms with E-state index >= 15 is 0 Å². The molecule has 0 unspecified atom stereocenters. The number of hydrogen-bond acceptors (Lipinski definition) is 5. The van der Waals surface area contributed by atoms with Gasteiger partial charge in [-0.2, -0.15) is 5.10 Å². The Hall–Kier alpha value is -2.90. The minimum atomic E-state index is 0. The van der Waals surface area contributed by atoms with E-state index in [0.717, 1.165) is 54.6 Å². The summed E-state index contributed by atoms with van der Waals surface area (Å²) in [6, 6.07) is 14.1. The highest BCUT2D eigenvalue weighted by atomic mass is 35.5. The standard InChI is InChI=1S/C20H20N6O.ClH/c1-2-5-15(6-3-1)19-11-16(24-27-19)14-25-10-8-22-20(25)18-12-17-13-21-7-4-9-26(17)23-18;/h1-3,5-6,8,10-12,21H,4,7,9,13-14H2;1H. The quantitative estimate of drug-likeness (QED) is 0.572. The Morgan fingerprint density at radius 1 is 1.14 bits per heavy atom. The van der Waals surface area contributed by atoms with E-state index in [4.69, 9.17) is 9.62 Å². The SMILES string of the molecule is Cl.c1ccc(-c2cc(Cn3ccnc3-c3cc4n(n3)CCCNC4)no2)cc1. The van der Waals surface area contributed by atoms with Crippen molar-refractivity contribution in [3.05, 3.63) is 66.2 Å². The number of nitrogens with zero attached hydrogens (tertiary/aromatic N) is 5. The second kappa shape index (κ2) is 8.00. The summed E-state index contributed by atoms with van der Waals surface area (Å²) in [6.45, 7) is 3.40. The molecule has 28 heavy (non-hydrogen) atoms. The molecule has 0 atom stereocenters. The fourth-order valence-electron chi connectivity index (χ4n) is 3.44. The van der Waals surface area contributed by atoms with E-state index in [9.17, 15) is 0 Å². The first-order chi connectivity index (χ1) is 13.4. The van der Waals surface area contributed by atoms with Gasteiger partial charge in [0.25, 0.3) is 0 Å². The summed E-state index contributed by atoms with van der Waals surface area (Å²) in [5.41, 5.74) is 3.97. The summed E-state index contributed by atoms with van der Waals surface area (Å²) in [4.78, 5) is 4.52. The molecule has 0 fully saturated rings. The molecule has 0 saturated carbocycles. The molecule has 1 aliphatic heterocycles. The van der Waals surface area contributed by atoms with Crippen LogP contribution in [0.3, 0.4) is 0 Å². The van der Waals surface area contributed by atoms with Crippen LogP contribution >= 0.6 is 12.4 Å². The Bertz CT molecular complexity index is 1030. The third-order valence-corrected chi connectivity index (χ3v) is 4.79. The molecule has 4 aromatic rings. The summed E-state index contributed by atoms with van der Waals surface area (Å²) in [5.74, 6) is 1.62. The van der Waals surface area contributed by atoms with Crippen molar-refractivity contribution in [1.29, 1.82) is 0 Å². The van der Waals surface area contributed by atoms with E-state index in [1.807, 2.05) is 42.6 Å². The van der Waals surface area contributed by atoms with E-state index < -0.39 is 0 Å². The average molecular weight is 397 g/mol. The Morgan fingerprint density at radius 2 is 2.04 bits per heavy atom. The second-order valence-electron chi connectivity index (χ2n) is 6.70. The van der Waals surface area contributed by atoms with Gasteiger partial charge in [-0.25, -0.2) is 4.98 Å². The molecule has 5 rings (SSSR count). The van der Waals surface area contributed by atoms with Gasteiger partial charge >= 0.3 is 0 Å². The minimum absolute atomic E-state index is 0. The topological polar surface area (TPSA) is 73.7 Å². The lowest BCUT2D eigenvalue weighted by Crippen LogP contribution is -2.11. The van der Waals surface area contributed by atoms with Crippen LogP contribution in [-0.4, -0.2) is 31.0 Å². The van der Waals surface area contributed by atoms with Gasteiger partial charge in [0.05, 0.1) is 12.2 Å². The molecule has 1 aliphatic rings. The van der Waals surface area contributed by atoms with Gasteiger partial charge in [-0.15, -0.1) is 12.4 Å². The fourth-order valence-corrected chi connectivity index (χ4v) is 3.44. The highest BCUT2D eigenvalue weighted by Crippen LogP contribution is 2.23. The molecule has 0 saturated heterocycles. The molecule has 1 aromatic carbocycles. The number of aryl methyl sites for hydroxylation is 1. The molecule has 4 heterocycles. The van der Waals surface area contributed by atoms with Gasteiger partial charge in [-0.3, -0.25) is 4.68 Å². The molecule has 1 N–H and O–H groups in total. The van der Waals surface area contributed by atoms with E-state index in [0.29, 0.717) is 6.54 Å².